The molecule has 1 aromatic rings. The molecule has 0 atom stereocenters. The fraction of sp³-hybridized carbons (Fsp3) is 0.500. The predicted octanol–water partition coefficient (Wildman–Crippen LogP) is 2.04. The quantitative estimate of drug-likeness (QED) is 0.632. The van der Waals surface area contributed by atoms with E-state index in [1.165, 1.54) is 12.1 Å². The Morgan fingerprint density at radius 1 is 1.12 bits per heavy atom. The molecule has 1 aliphatic rings. The van der Waals surface area contributed by atoms with Crippen LogP contribution in [0.1, 0.15) is 25.7 Å². The predicted molar refractivity (Wildman–Crippen MR) is 93.5 cm³/mol. The molecule has 0 aromatic heterocycles. The SMILES string of the molecule is CS(=O)(=O)c1ccc(NC(=O)N[C@H]2CC[C@@H](CNC(=O)O)CC2)cc1. The lowest BCUT2D eigenvalue weighted by atomic mass is 9.86. The van der Waals surface area contributed by atoms with Crippen LogP contribution in [0.15, 0.2) is 29.2 Å². The van der Waals surface area contributed by atoms with Gasteiger partial charge in [0.25, 0.3) is 0 Å². The van der Waals surface area contributed by atoms with Gasteiger partial charge in [-0.2, -0.15) is 0 Å². The van der Waals surface area contributed by atoms with Crippen LogP contribution < -0.4 is 16.0 Å². The van der Waals surface area contributed by atoms with Crippen molar-refractivity contribution in [2.24, 2.45) is 5.92 Å². The molecule has 0 radical (unpaired) electrons. The molecule has 3 amide bonds. The summed E-state index contributed by atoms with van der Waals surface area (Å²) >= 11 is 0. The van der Waals surface area contributed by atoms with E-state index >= 15 is 0 Å². The van der Waals surface area contributed by atoms with Crippen LogP contribution in [0.4, 0.5) is 15.3 Å². The zero-order valence-corrected chi connectivity index (χ0v) is 14.8. The summed E-state index contributed by atoms with van der Waals surface area (Å²) in [5.74, 6) is 0.306. The summed E-state index contributed by atoms with van der Waals surface area (Å²) in [6.45, 7) is 0.445. The van der Waals surface area contributed by atoms with E-state index < -0.39 is 15.9 Å². The maximum Gasteiger partial charge on any atom is 0.404 e. The van der Waals surface area contributed by atoms with Crippen molar-refractivity contribution >= 4 is 27.6 Å². The summed E-state index contributed by atoms with van der Waals surface area (Å²) in [7, 11) is -3.26. The first-order chi connectivity index (χ1) is 11.7. The van der Waals surface area contributed by atoms with Crippen LogP contribution >= 0.6 is 0 Å². The number of sulfone groups is 1. The second-order valence-corrected chi connectivity index (χ2v) is 8.31. The highest BCUT2D eigenvalue weighted by Gasteiger charge is 2.22. The molecular weight excluding hydrogens is 346 g/mol. The van der Waals surface area contributed by atoms with Gasteiger partial charge in [0.05, 0.1) is 4.90 Å². The largest absolute Gasteiger partial charge is 0.465 e. The third-order valence-corrected chi connectivity index (χ3v) is 5.39. The lowest BCUT2D eigenvalue weighted by molar-refractivity contribution is 0.189. The van der Waals surface area contributed by atoms with Crippen molar-refractivity contribution in [1.29, 1.82) is 0 Å². The molecule has 0 saturated heterocycles. The van der Waals surface area contributed by atoms with Crippen LogP contribution in [0.2, 0.25) is 0 Å². The van der Waals surface area contributed by atoms with Gasteiger partial charge in [0, 0.05) is 24.5 Å². The summed E-state index contributed by atoms with van der Waals surface area (Å²) in [4.78, 5) is 22.7. The fourth-order valence-corrected chi connectivity index (χ4v) is 3.51. The number of carbonyl (C=O) groups is 2. The van der Waals surface area contributed by atoms with Crippen LogP contribution in [-0.4, -0.2) is 44.5 Å². The number of carbonyl (C=O) groups excluding carboxylic acids is 1. The molecule has 0 unspecified atom stereocenters. The van der Waals surface area contributed by atoms with E-state index in [9.17, 15) is 18.0 Å². The average molecular weight is 369 g/mol. The topological polar surface area (TPSA) is 125 Å². The molecule has 0 aliphatic heterocycles. The van der Waals surface area contributed by atoms with Gasteiger partial charge < -0.3 is 21.1 Å². The number of benzene rings is 1. The van der Waals surface area contributed by atoms with Crippen LogP contribution in [-0.2, 0) is 9.84 Å². The third-order valence-electron chi connectivity index (χ3n) is 4.26. The Kier molecular flexibility index (Phi) is 6.24. The second-order valence-electron chi connectivity index (χ2n) is 6.30. The molecule has 4 N–H and O–H groups in total. The maximum absolute atomic E-state index is 12.0. The van der Waals surface area contributed by atoms with Crippen molar-refractivity contribution < 1.29 is 23.1 Å². The Labute approximate surface area is 146 Å². The van der Waals surface area contributed by atoms with E-state index in [1.807, 2.05) is 0 Å². The number of anilines is 1. The fourth-order valence-electron chi connectivity index (χ4n) is 2.88. The van der Waals surface area contributed by atoms with Gasteiger partial charge in [0.1, 0.15) is 0 Å². The molecular formula is C16H23N3O5S. The summed E-state index contributed by atoms with van der Waals surface area (Å²) < 4.78 is 22.8. The maximum atomic E-state index is 12.0. The van der Waals surface area contributed by atoms with Crippen molar-refractivity contribution in [2.75, 3.05) is 18.1 Å². The number of hydrogen-bond donors (Lipinski definition) is 4. The van der Waals surface area contributed by atoms with Crippen LogP contribution in [0.25, 0.3) is 0 Å². The van der Waals surface area contributed by atoms with E-state index in [0.29, 0.717) is 18.2 Å². The summed E-state index contributed by atoms with van der Waals surface area (Å²) in [5, 5.41) is 16.6. The molecule has 25 heavy (non-hydrogen) atoms. The molecule has 1 aromatic carbocycles. The molecule has 0 spiro atoms. The van der Waals surface area contributed by atoms with E-state index in [4.69, 9.17) is 5.11 Å². The Bertz CT molecular complexity index is 710. The minimum atomic E-state index is -3.26. The first kappa shape index (κ1) is 19.0. The van der Waals surface area contributed by atoms with E-state index in [2.05, 4.69) is 16.0 Å². The Morgan fingerprint density at radius 3 is 2.24 bits per heavy atom. The van der Waals surface area contributed by atoms with Gasteiger partial charge in [-0.3, -0.25) is 0 Å². The van der Waals surface area contributed by atoms with Gasteiger partial charge in [-0.15, -0.1) is 0 Å². The zero-order chi connectivity index (χ0) is 18.4. The van der Waals surface area contributed by atoms with E-state index in [0.717, 1.165) is 31.9 Å². The molecule has 2 rings (SSSR count). The first-order valence-corrected chi connectivity index (χ1v) is 9.97. The Morgan fingerprint density at radius 2 is 1.72 bits per heavy atom. The van der Waals surface area contributed by atoms with E-state index in [1.54, 1.807) is 12.1 Å². The van der Waals surface area contributed by atoms with Gasteiger partial charge in [-0.25, -0.2) is 18.0 Å². The molecule has 1 saturated carbocycles. The highest BCUT2D eigenvalue weighted by atomic mass is 32.2. The van der Waals surface area contributed by atoms with Crippen molar-refractivity contribution in [2.45, 2.75) is 36.6 Å². The number of hydrogen-bond acceptors (Lipinski definition) is 4. The average Bonchev–Trinajstić information content (AvgIpc) is 2.53. The van der Waals surface area contributed by atoms with Gasteiger partial charge in [-0.05, 0) is 55.9 Å². The van der Waals surface area contributed by atoms with Gasteiger partial charge in [-0.1, -0.05) is 0 Å². The number of nitrogens with one attached hydrogen (secondary N) is 3. The number of rotatable bonds is 5. The summed E-state index contributed by atoms with van der Waals surface area (Å²) in [6, 6.07) is 5.71. The highest BCUT2D eigenvalue weighted by Crippen LogP contribution is 2.24. The molecule has 1 aliphatic carbocycles. The van der Waals surface area contributed by atoms with Gasteiger partial charge >= 0.3 is 12.1 Å². The smallest absolute Gasteiger partial charge is 0.404 e. The molecule has 0 bridgehead atoms. The third kappa shape index (κ3) is 6.26. The van der Waals surface area contributed by atoms with Crippen LogP contribution in [0, 0.1) is 5.92 Å². The van der Waals surface area contributed by atoms with Gasteiger partial charge in [0.2, 0.25) is 0 Å². The number of carboxylic acid groups (broad SMARTS) is 1. The summed E-state index contributed by atoms with van der Waals surface area (Å²) in [5.41, 5.74) is 0.518. The Hall–Kier alpha value is -2.29. The lowest BCUT2D eigenvalue weighted by Crippen LogP contribution is -2.41. The normalized spacial score (nSPS) is 20.5. The van der Waals surface area contributed by atoms with Crippen LogP contribution in [0.3, 0.4) is 0 Å². The highest BCUT2D eigenvalue weighted by molar-refractivity contribution is 7.90. The lowest BCUT2D eigenvalue weighted by Gasteiger charge is -2.29. The monoisotopic (exact) mass is 369 g/mol. The molecule has 0 heterocycles. The molecule has 8 nitrogen and oxygen atoms in total. The van der Waals surface area contributed by atoms with Crippen LogP contribution in [0.5, 0.6) is 0 Å². The Balaban J connectivity index is 1.77. The van der Waals surface area contributed by atoms with Crippen molar-refractivity contribution in [3.05, 3.63) is 24.3 Å². The molecule has 1 fully saturated rings. The van der Waals surface area contributed by atoms with Gasteiger partial charge in [0.15, 0.2) is 9.84 Å². The number of amides is 3. The van der Waals surface area contributed by atoms with E-state index in [-0.39, 0.29) is 17.0 Å². The van der Waals surface area contributed by atoms with Crippen molar-refractivity contribution in [3.8, 4) is 0 Å². The second kappa shape index (κ2) is 8.19. The molecule has 138 valence electrons. The first-order valence-electron chi connectivity index (χ1n) is 8.08. The minimum absolute atomic E-state index is 0.0522. The number of urea groups is 1. The summed E-state index contributed by atoms with van der Waals surface area (Å²) in [6.07, 6.45) is 3.42. The van der Waals surface area contributed by atoms with Crippen molar-refractivity contribution in [3.63, 3.8) is 0 Å². The standard InChI is InChI=1S/C16H23N3O5S/c1-25(23,24)14-8-6-13(7-9-14)19-15(20)18-12-4-2-11(3-5-12)10-17-16(21)22/h6-9,11-12,17H,2-5,10H2,1H3,(H,21,22)(H2,18,19,20)/t11-,12+. The zero-order valence-electron chi connectivity index (χ0n) is 14.0. The molecule has 9 heteroatoms. The van der Waals surface area contributed by atoms with Crippen molar-refractivity contribution in [1.82, 2.24) is 10.6 Å². The minimum Gasteiger partial charge on any atom is -0.465 e.